The second kappa shape index (κ2) is 6.43. The molecule has 1 aromatic rings. The van der Waals surface area contributed by atoms with Crippen LogP contribution in [0.4, 0.5) is 0 Å². The molecule has 23 heavy (non-hydrogen) atoms. The van der Waals surface area contributed by atoms with Gasteiger partial charge in [0.25, 0.3) is 0 Å². The van der Waals surface area contributed by atoms with Crippen molar-refractivity contribution >= 4 is 21.5 Å². The third-order valence-corrected chi connectivity index (χ3v) is 6.90. The largest absolute Gasteiger partial charge is 0.273 e. The number of benzene rings is 1. The van der Waals surface area contributed by atoms with Crippen LogP contribution >= 0.6 is 0 Å². The molecule has 0 bridgehead atoms. The van der Waals surface area contributed by atoms with Gasteiger partial charge in [-0.3, -0.25) is 4.79 Å². The lowest BCUT2D eigenvalue weighted by Gasteiger charge is -2.11. The first-order valence-corrected chi connectivity index (χ1v) is 9.71. The molecule has 5 nitrogen and oxygen atoms in total. The number of sulfone groups is 1. The van der Waals surface area contributed by atoms with E-state index in [0.717, 1.165) is 44.1 Å². The van der Waals surface area contributed by atoms with Gasteiger partial charge >= 0.3 is 0 Å². The smallest absolute Gasteiger partial charge is 0.243 e. The average Bonchev–Trinajstić information content (AvgIpc) is 3.26. The third kappa shape index (κ3) is 3.63. The Morgan fingerprint density at radius 1 is 1.09 bits per heavy atom. The molecule has 0 radical (unpaired) electrons. The average molecular weight is 334 g/mol. The van der Waals surface area contributed by atoms with E-state index in [-0.39, 0.29) is 17.1 Å². The first-order valence-electron chi connectivity index (χ1n) is 8.17. The van der Waals surface area contributed by atoms with Crippen molar-refractivity contribution in [2.45, 2.75) is 55.6 Å². The second-order valence-corrected chi connectivity index (χ2v) is 8.65. The molecule has 0 atom stereocenters. The van der Waals surface area contributed by atoms with Gasteiger partial charge in [-0.2, -0.15) is 5.10 Å². The molecule has 0 aromatic heterocycles. The van der Waals surface area contributed by atoms with Crippen LogP contribution in [0.2, 0.25) is 0 Å². The lowest BCUT2D eigenvalue weighted by molar-refractivity contribution is -0.122. The molecule has 2 aliphatic carbocycles. The standard InChI is InChI=1S/C17H22N2O3S/c1-12(18-19-17(20)14-6-7-14)13-8-10-16(11-9-13)23(21,22)15-4-2-3-5-15/h8-11,14-15H,2-7H2,1H3,(H,19,20). The zero-order valence-corrected chi connectivity index (χ0v) is 14.1. The number of nitrogens with one attached hydrogen (secondary N) is 1. The minimum Gasteiger partial charge on any atom is -0.273 e. The Balaban J connectivity index is 1.70. The van der Waals surface area contributed by atoms with Gasteiger partial charge in [0.2, 0.25) is 5.91 Å². The zero-order chi connectivity index (χ0) is 16.4. The molecule has 0 heterocycles. The molecule has 3 rings (SSSR count). The molecule has 1 N–H and O–H groups in total. The van der Waals surface area contributed by atoms with Crippen LogP contribution in [-0.2, 0) is 14.6 Å². The molecule has 1 amide bonds. The molecule has 124 valence electrons. The maximum atomic E-state index is 12.5. The Kier molecular flexibility index (Phi) is 4.53. The van der Waals surface area contributed by atoms with Gasteiger partial charge in [0, 0.05) is 5.92 Å². The Hall–Kier alpha value is -1.69. The summed E-state index contributed by atoms with van der Waals surface area (Å²) in [5.74, 6) is 0.0789. The van der Waals surface area contributed by atoms with Crippen LogP contribution in [0.1, 0.15) is 51.0 Å². The minimum absolute atomic E-state index is 0.0372. The number of hydrogen-bond acceptors (Lipinski definition) is 4. The van der Waals surface area contributed by atoms with Gasteiger partial charge in [0.15, 0.2) is 9.84 Å². The number of carbonyl (C=O) groups excluding carboxylic acids is 1. The molecule has 2 saturated carbocycles. The third-order valence-electron chi connectivity index (χ3n) is 4.62. The lowest BCUT2D eigenvalue weighted by atomic mass is 10.1. The summed E-state index contributed by atoms with van der Waals surface area (Å²) in [4.78, 5) is 12.0. The molecular weight excluding hydrogens is 312 g/mol. The van der Waals surface area contributed by atoms with Gasteiger partial charge < -0.3 is 0 Å². The molecule has 2 aliphatic rings. The van der Waals surface area contributed by atoms with Crippen molar-refractivity contribution in [3.8, 4) is 0 Å². The van der Waals surface area contributed by atoms with Crippen molar-refractivity contribution in [1.82, 2.24) is 5.43 Å². The fraction of sp³-hybridized carbons (Fsp3) is 0.529. The van der Waals surface area contributed by atoms with E-state index in [2.05, 4.69) is 10.5 Å². The topological polar surface area (TPSA) is 75.6 Å². The summed E-state index contributed by atoms with van der Waals surface area (Å²) in [6.07, 6.45) is 5.39. The Bertz CT molecular complexity index is 713. The van der Waals surface area contributed by atoms with E-state index in [1.165, 1.54) is 0 Å². The van der Waals surface area contributed by atoms with Crippen LogP contribution in [-0.4, -0.2) is 25.3 Å². The van der Waals surface area contributed by atoms with E-state index >= 15 is 0 Å². The highest BCUT2D eigenvalue weighted by Gasteiger charge is 2.30. The highest BCUT2D eigenvalue weighted by molar-refractivity contribution is 7.92. The van der Waals surface area contributed by atoms with Gasteiger partial charge in [-0.1, -0.05) is 25.0 Å². The van der Waals surface area contributed by atoms with Crippen LogP contribution < -0.4 is 5.43 Å². The van der Waals surface area contributed by atoms with Crippen LogP contribution in [0, 0.1) is 5.92 Å². The van der Waals surface area contributed by atoms with Crippen molar-refractivity contribution in [1.29, 1.82) is 0 Å². The van der Waals surface area contributed by atoms with Crippen LogP contribution in [0.25, 0.3) is 0 Å². The summed E-state index contributed by atoms with van der Waals surface area (Å²) in [6.45, 7) is 1.80. The van der Waals surface area contributed by atoms with Crippen LogP contribution in [0.3, 0.4) is 0 Å². The molecule has 2 fully saturated rings. The molecule has 1 aromatic carbocycles. The number of hydrogen-bond donors (Lipinski definition) is 1. The number of hydrazone groups is 1. The van der Waals surface area contributed by atoms with Gasteiger partial charge in [0.05, 0.1) is 15.9 Å². The lowest BCUT2D eigenvalue weighted by Crippen LogP contribution is -2.20. The van der Waals surface area contributed by atoms with E-state index in [9.17, 15) is 13.2 Å². The van der Waals surface area contributed by atoms with E-state index in [1.54, 1.807) is 31.2 Å². The van der Waals surface area contributed by atoms with E-state index < -0.39 is 9.84 Å². The molecule has 6 heteroatoms. The van der Waals surface area contributed by atoms with Crippen LogP contribution in [0.5, 0.6) is 0 Å². The summed E-state index contributed by atoms with van der Waals surface area (Å²) in [5.41, 5.74) is 4.04. The molecule has 0 unspecified atom stereocenters. The summed E-state index contributed by atoms with van der Waals surface area (Å²) in [5, 5.41) is 3.86. The summed E-state index contributed by atoms with van der Waals surface area (Å²) >= 11 is 0. The number of nitrogens with zero attached hydrogens (tertiary/aromatic N) is 1. The van der Waals surface area contributed by atoms with E-state index in [1.807, 2.05) is 0 Å². The maximum absolute atomic E-state index is 12.5. The summed E-state index contributed by atoms with van der Waals surface area (Å²) < 4.78 is 25.1. The molecular formula is C17H22N2O3S. The summed E-state index contributed by atoms with van der Waals surface area (Å²) in [6, 6.07) is 6.79. The number of rotatable bonds is 5. The quantitative estimate of drug-likeness (QED) is 0.664. The van der Waals surface area contributed by atoms with E-state index in [4.69, 9.17) is 0 Å². The maximum Gasteiger partial charge on any atom is 0.243 e. The SMILES string of the molecule is CC(=NNC(=O)C1CC1)c1ccc(S(=O)(=O)C2CCCC2)cc1. The summed E-state index contributed by atoms with van der Waals surface area (Å²) in [7, 11) is -3.22. The predicted octanol–water partition coefficient (Wildman–Crippen LogP) is 2.65. The predicted molar refractivity (Wildman–Crippen MR) is 89.0 cm³/mol. The van der Waals surface area contributed by atoms with Gasteiger partial charge in [-0.25, -0.2) is 13.8 Å². The fourth-order valence-electron chi connectivity index (χ4n) is 2.92. The van der Waals surface area contributed by atoms with Crippen LogP contribution in [0.15, 0.2) is 34.3 Å². The molecule has 0 spiro atoms. The second-order valence-electron chi connectivity index (χ2n) is 6.42. The number of amides is 1. The minimum atomic E-state index is -3.22. The first-order chi connectivity index (χ1) is 11.0. The van der Waals surface area contributed by atoms with Crippen molar-refractivity contribution in [2.75, 3.05) is 0 Å². The van der Waals surface area contributed by atoms with Crippen molar-refractivity contribution in [3.05, 3.63) is 29.8 Å². The normalized spacial score (nSPS) is 19.8. The Morgan fingerprint density at radius 2 is 1.70 bits per heavy atom. The van der Waals surface area contributed by atoms with Gasteiger partial charge in [-0.15, -0.1) is 0 Å². The highest BCUT2D eigenvalue weighted by atomic mass is 32.2. The van der Waals surface area contributed by atoms with Crippen molar-refractivity contribution in [2.24, 2.45) is 11.0 Å². The van der Waals surface area contributed by atoms with E-state index in [0.29, 0.717) is 10.6 Å². The fourth-order valence-corrected chi connectivity index (χ4v) is 4.77. The highest BCUT2D eigenvalue weighted by Crippen LogP contribution is 2.30. The zero-order valence-electron chi connectivity index (χ0n) is 13.3. The number of carbonyl (C=O) groups is 1. The first kappa shape index (κ1) is 16.2. The van der Waals surface area contributed by atoms with Gasteiger partial charge in [-0.05, 0) is 50.3 Å². The monoisotopic (exact) mass is 334 g/mol. The Morgan fingerprint density at radius 3 is 2.26 bits per heavy atom. The van der Waals surface area contributed by atoms with Gasteiger partial charge in [0.1, 0.15) is 0 Å². The Labute approximate surface area is 137 Å². The molecule has 0 saturated heterocycles. The van der Waals surface area contributed by atoms with Crippen molar-refractivity contribution in [3.63, 3.8) is 0 Å². The van der Waals surface area contributed by atoms with Crippen molar-refractivity contribution < 1.29 is 13.2 Å². The molecule has 0 aliphatic heterocycles.